The lowest BCUT2D eigenvalue weighted by molar-refractivity contribution is 0.334. The predicted molar refractivity (Wildman–Crippen MR) is 62.4 cm³/mol. The summed E-state index contributed by atoms with van der Waals surface area (Å²) in [6.07, 6.45) is 0. The van der Waals surface area contributed by atoms with E-state index in [0.29, 0.717) is 12.1 Å². The average molecular weight is 224 g/mol. The topological polar surface area (TPSA) is 74.6 Å². The van der Waals surface area contributed by atoms with Crippen LogP contribution in [0.25, 0.3) is 0 Å². The molecule has 0 amide bonds. The molecule has 0 saturated carbocycles. The van der Waals surface area contributed by atoms with Gasteiger partial charge in [0.15, 0.2) is 0 Å². The van der Waals surface area contributed by atoms with Crippen LogP contribution in [0, 0.1) is 40.9 Å². The summed E-state index contributed by atoms with van der Waals surface area (Å²) in [5.41, 5.74) is 2.66. The van der Waals surface area contributed by atoms with Crippen LogP contribution in [0.15, 0.2) is 18.2 Å². The van der Waals surface area contributed by atoms with Gasteiger partial charge in [0.25, 0.3) is 0 Å². The maximum absolute atomic E-state index is 8.76. The minimum absolute atomic E-state index is 0.229. The zero-order chi connectivity index (χ0) is 12.7. The molecule has 0 heterocycles. The number of hydrogen-bond donors (Lipinski definition) is 0. The molecule has 0 atom stereocenters. The van der Waals surface area contributed by atoms with Crippen LogP contribution in [0.2, 0.25) is 0 Å². The number of nitrogens with zero attached hydrogens (tertiary/aromatic N) is 4. The third kappa shape index (κ3) is 3.61. The van der Waals surface area contributed by atoms with Gasteiger partial charge in [0, 0.05) is 6.54 Å². The molecule has 17 heavy (non-hydrogen) atoms. The van der Waals surface area contributed by atoms with Crippen LogP contribution in [-0.2, 0) is 6.54 Å². The Bertz CT molecular complexity index is 498. The van der Waals surface area contributed by atoms with Crippen molar-refractivity contribution in [2.75, 3.05) is 13.1 Å². The minimum atomic E-state index is 0.229. The first-order chi connectivity index (χ1) is 8.21. The second-order valence-corrected chi connectivity index (χ2v) is 3.71. The molecule has 0 saturated heterocycles. The molecule has 0 aromatic heterocycles. The summed E-state index contributed by atoms with van der Waals surface area (Å²) < 4.78 is 0. The van der Waals surface area contributed by atoms with Crippen LogP contribution in [0.4, 0.5) is 0 Å². The predicted octanol–water partition coefficient (Wildman–Crippen LogP) is 1.72. The van der Waals surface area contributed by atoms with Crippen molar-refractivity contribution in [1.29, 1.82) is 15.8 Å². The lowest BCUT2D eigenvalue weighted by Crippen LogP contribution is -2.24. The molecule has 0 aliphatic rings. The SMILES string of the molecule is Cc1cc(C#N)ccc1CN(CC#N)CC#N. The van der Waals surface area contributed by atoms with Crippen LogP contribution in [0.3, 0.4) is 0 Å². The molecule has 1 aromatic rings. The van der Waals surface area contributed by atoms with Crippen molar-refractivity contribution in [3.8, 4) is 18.2 Å². The summed E-state index contributed by atoms with van der Waals surface area (Å²) in [5.74, 6) is 0. The van der Waals surface area contributed by atoms with Crippen molar-refractivity contribution in [2.24, 2.45) is 0 Å². The van der Waals surface area contributed by atoms with E-state index in [4.69, 9.17) is 15.8 Å². The molecule has 0 aliphatic heterocycles. The average Bonchev–Trinajstić information content (AvgIpc) is 2.32. The van der Waals surface area contributed by atoms with E-state index < -0.39 is 0 Å². The van der Waals surface area contributed by atoms with Crippen molar-refractivity contribution < 1.29 is 0 Å². The van der Waals surface area contributed by atoms with Gasteiger partial charge in [-0.25, -0.2) is 0 Å². The van der Waals surface area contributed by atoms with Crippen molar-refractivity contribution in [3.63, 3.8) is 0 Å². The molecule has 0 radical (unpaired) electrons. The molecule has 1 rings (SSSR count). The Hall–Kier alpha value is -2.35. The molecule has 84 valence electrons. The van der Waals surface area contributed by atoms with E-state index in [1.54, 1.807) is 11.0 Å². The maximum atomic E-state index is 8.76. The van der Waals surface area contributed by atoms with E-state index in [2.05, 4.69) is 6.07 Å². The molecule has 0 aliphatic carbocycles. The molecule has 0 spiro atoms. The van der Waals surface area contributed by atoms with Gasteiger partial charge in [-0.1, -0.05) is 6.07 Å². The highest BCUT2D eigenvalue weighted by molar-refractivity contribution is 5.37. The summed E-state index contributed by atoms with van der Waals surface area (Å²) in [5, 5.41) is 26.1. The van der Waals surface area contributed by atoms with Gasteiger partial charge in [-0.05, 0) is 30.2 Å². The summed E-state index contributed by atoms with van der Waals surface area (Å²) in [6, 6.07) is 11.6. The Morgan fingerprint density at radius 2 is 1.76 bits per heavy atom. The largest absolute Gasteiger partial charge is 0.273 e. The normalized spacial score (nSPS) is 9.35. The fourth-order valence-electron chi connectivity index (χ4n) is 1.55. The van der Waals surface area contributed by atoms with E-state index in [1.807, 2.05) is 31.2 Å². The van der Waals surface area contributed by atoms with Crippen LogP contribution in [0.5, 0.6) is 0 Å². The molecule has 0 N–H and O–H groups in total. The Morgan fingerprint density at radius 3 is 2.24 bits per heavy atom. The smallest absolute Gasteiger partial charge is 0.0991 e. The van der Waals surface area contributed by atoms with Crippen molar-refractivity contribution >= 4 is 0 Å². The third-order valence-corrected chi connectivity index (χ3v) is 2.45. The molecule has 0 bridgehead atoms. The minimum Gasteiger partial charge on any atom is -0.273 e. The van der Waals surface area contributed by atoms with Gasteiger partial charge < -0.3 is 0 Å². The van der Waals surface area contributed by atoms with E-state index in [9.17, 15) is 0 Å². The fourth-order valence-corrected chi connectivity index (χ4v) is 1.55. The second-order valence-electron chi connectivity index (χ2n) is 3.71. The Morgan fingerprint density at radius 1 is 1.12 bits per heavy atom. The molecular formula is C13H12N4. The fraction of sp³-hybridized carbons (Fsp3) is 0.308. The second kappa shape index (κ2) is 6.28. The third-order valence-electron chi connectivity index (χ3n) is 2.45. The first-order valence-electron chi connectivity index (χ1n) is 5.17. The maximum Gasteiger partial charge on any atom is 0.0991 e. The monoisotopic (exact) mass is 224 g/mol. The van der Waals surface area contributed by atoms with E-state index in [0.717, 1.165) is 11.1 Å². The number of benzene rings is 1. The van der Waals surface area contributed by atoms with Crippen molar-refractivity contribution in [2.45, 2.75) is 13.5 Å². The van der Waals surface area contributed by atoms with Crippen LogP contribution in [-0.4, -0.2) is 18.0 Å². The number of rotatable bonds is 4. The molecule has 4 nitrogen and oxygen atoms in total. The summed E-state index contributed by atoms with van der Waals surface area (Å²) in [6.45, 7) is 2.94. The van der Waals surface area contributed by atoms with Crippen LogP contribution >= 0.6 is 0 Å². The number of hydrogen-bond acceptors (Lipinski definition) is 4. The zero-order valence-corrected chi connectivity index (χ0v) is 9.64. The first-order valence-corrected chi connectivity index (χ1v) is 5.17. The van der Waals surface area contributed by atoms with Gasteiger partial charge in [-0.2, -0.15) is 15.8 Å². The van der Waals surface area contributed by atoms with Gasteiger partial charge in [-0.3, -0.25) is 4.90 Å². The van der Waals surface area contributed by atoms with Crippen LogP contribution < -0.4 is 0 Å². The zero-order valence-electron chi connectivity index (χ0n) is 9.64. The highest BCUT2D eigenvalue weighted by atomic mass is 15.1. The number of nitriles is 3. The first kappa shape index (κ1) is 12.7. The summed E-state index contributed by atoms with van der Waals surface area (Å²) >= 11 is 0. The summed E-state index contributed by atoms with van der Waals surface area (Å²) in [4.78, 5) is 1.76. The highest BCUT2D eigenvalue weighted by Crippen LogP contribution is 2.12. The van der Waals surface area contributed by atoms with Gasteiger partial charge in [0.1, 0.15) is 0 Å². The van der Waals surface area contributed by atoms with E-state index in [1.165, 1.54) is 0 Å². The van der Waals surface area contributed by atoms with Crippen LogP contribution in [0.1, 0.15) is 16.7 Å². The van der Waals surface area contributed by atoms with Gasteiger partial charge in [0.05, 0.1) is 36.9 Å². The molecule has 0 unspecified atom stereocenters. The quantitative estimate of drug-likeness (QED) is 0.730. The lowest BCUT2D eigenvalue weighted by Gasteiger charge is -2.16. The molecule has 1 aromatic carbocycles. The lowest BCUT2D eigenvalue weighted by atomic mass is 10.1. The van der Waals surface area contributed by atoms with E-state index >= 15 is 0 Å². The molecule has 0 fully saturated rings. The molecular weight excluding hydrogens is 212 g/mol. The Balaban J connectivity index is 2.84. The highest BCUT2D eigenvalue weighted by Gasteiger charge is 2.07. The Kier molecular flexibility index (Phi) is 4.70. The van der Waals surface area contributed by atoms with Gasteiger partial charge >= 0.3 is 0 Å². The Labute approximate surface area is 101 Å². The van der Waals surface area contributed by atoms with Gasteiger partial charge in [-0.15, -0.1) is 0 Å². The van der Waals surface area contributed by atoms with Crippen molar-refractivity contribution in [1.82, 2.24) is 4.90 Å². The number of aryl methyl sites for hydroxylation is 1. The van der Waals surface area contributed by atoms with Gasteiger partial charge in [0.2, 0.25) is 0 Å². The standard InChI is InChI=1S/C13H12N4/c1-11-8-12(9-16)2-3-13(11)10-17(6-4-14)7-5-15/h2-3,8H,6-7,10H2,1H3. The summed E-state index contributed by atoms with van der Waals surface area (Å²) in [7, 11) is 0. The molecule has 4 heteroatoms. The van der Waals surface area contributed by atoms with E-state index in [-0.39, 0.29) is 13.1 Å². The van der Waals surface area contributed by atoms with Crippen molar-refractivity contribution in [3.05, 3.63) is 34.9 Å².